The van der Waals surface area contributed by atoms with Crippen LogP contribution in [0.2, 0.25) is 0 Å². The van der Waals surface area contributed by atoms with E-state index in [2.05, 4.69) is 51.8 Å². The number of aryl methyl sites for hydroxylation is 1. The van der Waals surface area contributed by atoms with Gasteiger partial charge in [0.15, 0.2) is 0 Å². The van der Waals surface area contributed by atoms with Crippen LogP contribution in [-0.2, 0) is 6.42 Å². The molecule has 1 aromatic rings. The lowest BCUT2D eigenvalue weighted by Crippen LogP contribution is -2.50. The summed E-state index contributed by atoms with van der Waals surface area (Å²) in [5.74, 6) is 5.95. The van der Waals surface area contributed by atoms with Gasteiger partial charge in [-0.05, 0) is 84.4 Å². The minimum Gasteiger partial charge on any atom is -0.497 e. The quantitative estimate of drug-likeness (QED) is 0.710. The van der Waals surface area contributed by atoms with Gasteiger partial charge in [-0.1, -0.05) is 18.9 Å². The molecular weight excluding hydrogens is 364 g/mol. The summed E-state index contributed by atoms with van der Waals surface area (Å²) in [5.41, 5.74) is 2.09. The molecule has 2 fully saturated rings. The van der Waals surface area contributed by atoms with E-state index in [4.69, 9.17) is 4.74 Å². The van der Waals surface area contributed by atoms with Crippen LogP contribution in [0.3, 0.4) is 0 Å². The topological polar surface area (TPSA) is 29.5 Å². The molecule has 0 spiro atoms. The second kappa shape index (κ2) is 5.78. The van der Waals surface area contributed by atoms with E-state index in [-0.39, 0.29) is 5.41 Å². The number of hydrogen-bond donors (Lipinski definition) is 1. The monoisotopic (exact) mass is 388 g/mol. The third kappa shape index (κ3) is 2.19. The van der Waals surface area contributed by atoms with Crippen molar-refractivity contribution in [2.24, 2.45) is 17.3 Å². The zero-order chi connectivity index (χ0) is 16.9. The lowest BCUT2D eigenvalue weighted by molar-refractivity contribution is -0.0647. The lowest BCUT2D eigenvalue weighted by atomic mass is 9.53. The number of aliphatic hydroxyl groups is 1. The predicted molar refractivity (Wildman–Crippen MR) is 99.3 cm³/mol. The zero-order valence-corrected chi connectivity index (χ0v) is 16.0. The molecule has 0 heterocycles. The maximum Gasteiger partial charge on any atom is 0.131 e. The average Bonchev–Trinajstić information content (AvgIpc) is 2.86. The summed E-state index contributed by atoms with van der Waals surface area (Å²) in [4.78, 5) is 2.81. The highest BCUT2D eigenvalue weighted by atomic mass is 79.9. The van der Waals surface area contributed by atoms with Crippen LogP contribution in [0.4, 0.5) is 0 Å². The van der Waals surface area contributed by atoms with Crippen LogP contribution in [0.1, 0.15) is 56.1 Å². The summed E-state index contributed by atoms with van der Waals surface area (Å²) in [5, 5.41) is 11.2. The smallest absolute Gasteiger partial charge is 0.131 e. The summed E-state index contributed by atoms with van der Waals surface area (Å²) in [6.45, 7) is 2.28. The molecule has 0 aliphatic heterocycles. The number of methoxy groups -OCH3 is 1. The van der Waals surface area contributed by atoms with Crippen molar-refractivity contribution in [2.75, 3.05) is 7.11 Å². The molecule has 0 radical (unpaired) electrons. The Hall–Kier alpha value is -0.980. The molecule has 128 valence electrons. The fraction of sp³-hybridized carbons (Fsp3) is 0.619. The van der Waals surface area contributed by atoms with Gasteiger partial charge in [0.2, 0.25) is 0 Å². The summed E-state index contributed by atoms with van der Waals surface area (Å²) in [7, 11) is 1.74. The standard InChI is InChI=1S/C21H25BrO2/c1-20-9-7-17-16-6-4-15(24-2)13-14(16)3-5-18(17)19(20)8-10-21(20,23)11-12-22/h4,6,13,17-19,23H,3,5,7-10H2,1-2H3/t17-,18-,19+,20+,21-/m1/s1. The van der Waals surface area contributed by atoms with E-state index in [1.54, 1.807) is 7.11 Å². The van der Waals surface area contributed by atoms with Gasteiger partial charge in [0.25, 0.3) is 0 Å². The van der Waals surface area contributed by atoms with Crippen LogP contribution in [0, 0.1) is 28.0 Å². The van der Waals surface area contributed by atoms with E-state index in [0.717, 1.165) is 37.9 Å². The first kappa shape index (κ1) is 16.5. The Morgan fingerprint density at radius 1 is 1.25 bits per heavy atom. The molecule has 3 aliphatic rings. The van der Waals surface area contributed by atoms with Crippen molar-refractivity contribution in [1.29, 1.82) is 0 Å². The Labute approximate surface area is 153 Å². The molecule has 2 saturated carbocycles. The number of fused-ring (bicyclic) bond motifs is 5. The second-order valence-electron chi connectivity index (χ2n) is 8.05. The zero-order valence-electron chi connectivity index (χ0n) is 14.4. The van der Waals surface area contributed by atoms with Crippen molar-refractivity contribution in [3.8, 4) is 16.5 Å². The van der Waals surface area contributed by atoms with E-state index in [1.165, 1.54) is 17.5 Å². The van der Waals surface area contributed by atoms with Gasteiger partial charge in [-0.25, -0.2) is 0 Å². The predicted octanol–water partition coefficient (Wildman–Crippen LogP) is 4.64. The molecule has 5 atom stereocenters. The van der Waals surface area contributed by atoms with Gasteiger partial charge in [-0.2, -0.15) is 0 Å². The minimum absolute atomic E-state index is 0.0705. The lowest BCUT2D eigenvalue weighted by Gasteiger charge is -2.52. The summed E-state index contributed by atoms with van der Waals surface area (Å²) < 4.78 is 5.40. The van der Waals surface area contributed by atoms with Crippen LogP contribution < -0.4 is 4.74 Å². The molecule has 0 aromatic heterocycles. The van der Waals surface area contributed by atoms with Crippen molar-refractivity contribution in [1.82, 2.24) is 0 Å². The van der Waals surface area contributed by atoms with Gasteiger partial charge in [0.1, 0.15) is 11.4 Å². The van der Waals surface area contributed by atoms with Crippen LogP contribution >= 0.6 is 15.9 Å². The minimum atomic E-state index is -0.827. The van der Waals surface area contributed by atoms with Crippen molar-refractivity contribution in [2.45, 2.75) is 57.0 Å². The van der Waals surface area contributed by atoms with Gasteiger partial charge in [0.05, 0.1) is 7.11 Å². The molecule has 2 nitrogen and oxygen atoms in total. The molecule has 24 heavy (non-hydrogen) atoms. The van der Waals surface area contributed by atoms with E-state index in [9.17, 15) is 5.11 Å². The molecule has 0 amide bonds. The fourth-order valence-corrected chi connectivity index (χ4v) is 6.31. The third-order valence-corrected chi connectivity index (χ3v) is 7.54. The Morgan fingerprint density at radius 3 is 2.83 bits per heavy atom. The molecule has 0 unspecified atom stereocenters. The molecule has 3 aliphatic carbocycles. The van der Waals surface area contributed by atoms with E-state index in [1.807, 2.05) is 0 Å². The van der Waals surface area contributed by atoms with E-state index < -0.39 is 5.60 Å². The van der Waals surface area contributed by atoms with Gasteiger partial charge in [-0.15, -0.1) is 0 Å². The first-order valence-corrected chi connectivity index (χ1v) is 9.84. The highest BCUT2D eigenvalue weighted by molar-refractivity contribution is 9.12. The Kier molecular flexibility index (Phi) is 3.97. The SMILES string of the molecule is COc1ccc2c(c1)CC[C@@H]1[C@@H]2CC[C@@]2(C)[C@H]1CC[C@@]2(O)C#CBr. The Morgan fingerprint density at radius 2 is 2.08 bits per heavy atom. The molecular formula is C21H25BrO2. The number of benzene rings is 1. The molecule has 0 bridgehead atoms. The maximum atomic E-state index is 11.2. The van der Waals surface area contributed by atoms with Crippen LogP contribution in [0.15, 0.2) is 18.2 Å². The molecule has 3 heteroatoms. The molecule has 4 rings (SSSR count). The van der Waals surface area contributed by atoms with Gasteiger partial charge in [-0.3, -0.25) is 0 Å². The molecule has 1 N–H and O–H groups in total. The summed E-state index contributed by atoms with van der Waals surface area (Å²) >= 11 is 3.21. The highest BCUT2D eigenvalue weighted by Crippen LogP contribution is 2.64. The normalized spacial score (nSPS) is 39.9. The largest absolute Gasteiger partial charge is 0.497 e. The average molecular weight is 389 g/mol. The first-order valence-electron chi connectivity index (χ1n) is 9.04. The number of ether oxygens (including phenoxy) is 1. The van der Waals surface area contributed by atoms with Gasteiger partial charge >= 0.3 is 0 Å². The summed E-state index contributed by atoms with van der Waals surface area (Å²) in [6.07, 6.45) is 6.48. The van der Waals surface area contributed by atoms with Crippen molar-refractivity contribution >= 4 is 15.9 Å². The van der Waals surface area contributed by atoms with Crippen molar-refractivity contribution < 1.29 is 9.84 Å². The van der Waals surface area contributed by atoms with Crippen molar-refractivity contribution in [3.05, 3.63) is 29.3 Å². The number of halogens is 1. The second-order valence-corrected chi connectivity index (χ2v) is 8.45. The van der Waals surface area contributed by atoms with Crippen molar-refractivity contribution in [3.63, 3.8) is 0 Å². The Balaban J connectivity index is 1.69. The van der Waals surface area contributed by atoms with Gasteiger partial charge < -0.3 is 9.84 Å². The summed E-state index contributed by atoms with van der Waals surface area (Å²) in [6, 6.07) is 6.62. The van der Waals surface area contributed by atoms with Crippen LogP contribution in [0.5, 0.6) is 5.75 Å². The molecule has 0 saturated heterocycles. The number of hydrogen-bond acceptors (Lipinski definition) is 2. The third-order valence-electron chi connectivity index (χ3n) is 7.34. The fourth-order valence-electron chi connectivity index (χ4n) is 5.99. The Bertz CT molecular complexity index is 718. The van der Waals surface area contributed by atoms with E-state index in [0.29, 0.717) is 17.8 Å². The highest BCUT2D eigenvalue weighted by Gasteiger charge is 2.61. The maximum absolute atomic E-state index is 11.2. The van der Waals surface area contributed by atoms with Crippen LogP contribution in [0.25, 0.3) is 0 Å². The first-order chi connectivity index (χ1) is 11.5. The molecule has 1 aromatic carbocycles. The van der Waals surface area contributed by atoms with Gasteiger partial charge in [0, 0.05) is 21.3 Å². The number of rotatable bonds is 1. The van der Waals surface area contributed by atoms with Crippen LogP contribution in [-0.4, -0.2) is 17.8 Å². The van der Waals surface area contributed by atoms with E-state index >= 15 is 0 Å².